The molecule has 0 radical (unpaired) electrons. The lowest BCUT2D eigenvalue weighted by molar-refractivity contribution is 0.186. The number of fused-ring (bicyclic) bond motifs is 1. The normalized spacial score (nSPS) is 11.1. The summed E-state index contributed by atoms with van der Waals surface area (Å²) < 4.78 is 26.1. The second-order valence-electron chi connectivity index (χ2n) is 5.29. The van der Waals surface area contributed by atoms with Gasteiger partial charge in [0.25, 0.3) is 0 Å². The van der Waals surface area contributed by atoms with Gasteiger partial charge in [-0.05, 0) is 29.8 Å². The fourth-order valence-electron chi connectivity index (χ4n) is 2.51. The van der Waals surface area contributed by atoms with Gasteiger partial charge in [-0.2, -0.15) is 0 Å². The molecule has 0 aliphatic carbocycles. The molecule has 0 bridgehead atoms. The Morgan fingerprint density at radius 3 is 2.75 bits per heavy atom. The summed E-state index contributed by atoms with van der Waals surface area (Å²) in [7, 11) is 3.15. The first-order valence-corrected chi connectivity index (χ1v) is 8.61. The minimum Gasteiger partial charge on any atom is -0.494 e. The van der Waals surface area contributed by atoms with Crippen LogP contribution in [0.25, 0.3) is 11.0 Å². The average Bonchev–Trinajstić information content (AvgIpc) is 2.96. The lowest BCUT2D eigenvalue weighted by atomic mass is 10.2. The molecule has 0 N–H and O–H groups in total. The van der Waals surface area contributed by atoms with E-state index in [-0.39, 0.29) is 11.6 Å². The van der Waals surface area contributed by atoms with Gasteiger partial charge < -0.3 is 14.0 Å². The highest BCUT2D eigenvalue weighted by atomic mass is 32.2. The van der Waals surface area contributed by atoms with Crippen molar-refractivity contribution in [3.63, 3.8) is 0 Å². The molecule has 2 aromatic carbocycles. The fourth-order valence-corrected chi connectivity index (χ4v) is 3.49. The molecule has 24 heavy (non-hydrogen) atoms. The molecule has 6 heteroatoms. The Hall–Kier alpha value is -2.05. The summed E-state index contributed by atoms with van der Waals surface area (Å²) >= 11 is 1.59. The van der Waals surface area contributed by atoms with Gasteiger partial charge in [-0.1, -0.05) is 30.0 Å². The molecule has 3 aromatic rings. The van der Waals surface area contributed by atoms with Crippen molar-refractivity contribution in [3.05, 3.63) is 53.8 Å². The first-order chi connectivity index (χ1) is 11.7. The molecule has 3 rings (SSSR count). The smallest absolute Gasteiger partial charge is 0.169 e. The third-order valence-corrected chi connectivity index (χ3v) is 4.77. The zero-order valence-corrected chi connectivity index (χ0v) is 14.5. The Bertz CT molecular complexity index is 835. The highest BCUT2D eigenvalue weighted by Gasteiger charge is 2.11. The van der Waals surface area contributed by atoms with Crippen LogP contribution in [-0.2, 0) is 17.0 Å². The fraction of sp³-hybridized carbons (Fsp3) is 0.278. The Balaban J connectivity index is 1.82. The molecule has 0 aliphatic rings. The van der Waals surface area contributed by atoms with Crippen molar-refractivity contribution in [1.29, 1.82) is 0 Å². The van der Waals surface area contributed by atoms with Gasteiger partial charge in [-0.25, -0.2) is 9.37 Å². The number of halogens is 1. The molecule has 0 fully saturated rings. The Labute approximate surface area is 144 Å². The van der Waals surface area contributed by atoms with Crippen molar-refractivity contribution in [1.82, 2.24) is 9.55 Å². The minimum absolute atomic E-state index is 0.260. The van der Waals surface area contributed by atoms with Crippen LogP contribution >= 0.6 is 11.8 Å². The number of hydrogen-bond acceptors (Lipinski definition) is 4. The number of nitrogens with zero attached hydrogens (tertiary/aromatic N) is 2. The predicted octanol–water partition coefficient (Wildman–Crippen LogP) is 4.12. The van der Waals surface area contributed by atoms with Crippen LogP contribution in [0.4, 0.5) is 4.39 Å². The first kappa shape index (κ1) is 16.8. The summed E-state index contributed by atoms with van der Waals surface area (Å²) in [4.78, 5) is 4.69. The van der Waals surface area contributed by atoms with Crippen LogP contribution < -0.4 is 4.74 Å². The average molecular weight is 346 g/mol. The minimum atomic E-state index is -0.344. The van der Waals surface area contributed by atoms with Crippen molar-refractivity contribution in [2.45, 2.75) is 17.5 Å². The molecule has 126 valence electrons. The topological polar surface area (TPSA) is 36.3 Å². The molecule has 1 aromatic heterocycles. The van der Waals surface area contributed by atoms with Crippen LogP contribution in [0.15, 0.2) is 47.6 Å². The molecule has 1 heterocycles. The van der Waals surface area contributed by atoms with E-state index in [0.717, 1.165) is 28.3 Å². The van der Waals surface area contributed by atoms with Crippen molar-refractivity contribution < 1.29 is 13.9 Å². The lowest BCUT2D eigenvalue weighted by Gasteiger charge is -2.09. The van der Waals surface area contributed by atoms with Gasteiger partial charge in [-0.3, -0.25) is 0 Å². The summed E-state index contributed by atoms with van der Waals surface area (Å²) in [5.74, 6) is 0.552. The summed E-state index contributed by atoms with van der Waals surface area (Å²) in [6, 6.07) is 13.1. The number of para-hydroxylation sites is 2. The zero-order valence-electron chi connectivity index (χ0n) is 13.7. The van der Waals surface area contributed by atoms with E-state index in [1.54, 1.807) is 24.9 Å². The van der Waals surface area contributed by atoms with Gasteiger partial charge in [0.2, 0.25) is 0 Å². The van der Waals surface area contributed by atoms with E-state index in [2.05, 4.69) is 15.6 Å². The third kappa shape index (κ3) is 3.55. The number of methoxy groups -OCH3 is 2. The van der Waals surface area contributed by atoms with Crippen LogP contribution in [0.5, 0.6) is 5.75 Å². The molecule has 0 saturated carbocycles. The third-order valence-electron chi connectivity index (χ3n) is 3.72. The Morgan fingerprint density at radius 2 is 2.00 bits per heavy atom. The number of rotatable bonds is 7. The Kier molecular flexibility index (Phi) is 5.37. The van der Waals surface area contributed by atoms with Gasteiger partial charge in [0.15, 0.2) is 16.7 Å². The van der Waals surface area contributed by atoms with E-state index in [1.165, 1.54) is 13.2 Å². The summed E-state index contributed by atoms with van der Waals surface area (Å²) in [6.07, 6.45) is 0. The highest BCUT2D eigenvalue weighted by molar-refractivity contribution is 7.98. The lowest BCUT2D eigenvalue weighted by Crippen LogP contribution is -2.05. The maximum atomic E-state index is 13.8. The van der Waals surface area contributed by atoms with E-state index >= 15 is 0 Å². The monoisotopic (exact) mass is 346 g/mol. The number of ether oxygens (including phenoxy) is 2. The quantitative estimate of drug-likeness (QED) is 0.603. The SMILES string of the molecule is COCCn1c(SCc2ccc(OC)c(F)c2)nc2ccccc21. The molecule has 0 saturated heterocycles. The second-order valence-corrected chi connectivity index (χ2v) is 6.23. The van der Waals surface area contributed by atoms with Crippen molar-refractivity contribution in [2.24, 2.45) is 0 Å². The number of thioether (sulfide) groups is 1. The molecule has 0 amide bonds. The van der Waals surface area contributed by atoms with E-state index in [4.69, 9.17) is 9.47 Å². The molecule has 4 nitrogen and oxygen atoms in total. The number of benzene rings is 2. The maximum Gasteiger partial charge on any atom is 0.169 e. The van der Waals surface area contributed by atoms with Gasteiger partial charge in [-0.15, -0.1) is 0 Å². The summed E-state index contributed by atoms with van der Waals surface area (Å²) in [5, 5.41) is 0.907. The van der Waals surface area contributed by atoms with E-state index in [1.807, 2.05) is 24.3 Å². The molecule has 0 aliphatic heterocycles. The maximum absolute atomic E-state index is 13.8. The van der Waals surface area contributed by atoms with Crippen LogP contribution in [0, 0.1) is 5.82 Å². The van der Waals surface area contributed by atoms with E-state index in [0.29, 0.717) is 12.4 Å². The van der Waals surface area contributed by atoms with Crippen molar-refractivity contribution in [2.75, 3.05) is 20.8 Å². The number of imidazole rings is 1. The molecule has 0 atom stereocenters. The van der Waals surface area contributed by atoms with E-state index in [9.17, 15) is 4.39 Å². The van der Waals surface area contributed by atoms with Crippen LogP contribution in [-0.4, -0.2) is 30.4 Å². The van der Waals surface area contributed by atoms with Gasteiger partial charge in [0, 0.05) is 19.4 Å². The van der Waals surface area contributed by atoms with Gasteiger partial charge >= 0.3 is 0 Å². The van der Waals surface area contributed by atoms with Gasteiger partial charge in [0.05, 0.1) is 24.8 Å². The van der Waals surface area contributed by atoms with Crippen molar-refractivity contribution in [3.8, 4) is 5.75 Å². The number of hydrogen-bond donors (Lipinski definition) is 0. The summed E-state index contributed by atoms with van der Waals surface area (Å²) in [6.45, 7) is 1.35. The van der Waals surface area contributed by atoms with E-state index < -0.39 is 0 Å². The largest absolute Gasteiger partial charge is 0.494 e. The predicted molar refractivity (Wildman–Crippen MR) is 94.1 cm³/mol. The standard InChI is InChI=1S/C18H19FN2O2S/c1-22-10-9-21-16-6-4-3-5-15(16)20-18(21)24-12-13-7-8-17(23-2)14(19)11-13/h3-8,11H,9-10,12H2,1-2H3. The van der Waals surface area contributed by atoms with Gasteiger partial charge in [0.1, 0.15) is 0 Å². The van der Waals surface area contributed by atoms with Crippen molar-refractivity contribution >= 4 is 22.8 Å². The van der Waals surface area contributed by atoms with Crippen LogP contribution in [0.1, 0.15) is 5.56 Å². The van der Waals surface area contributed by atoms with Crippen LogP contribution in [0.3, 0.4) is 0 Å². The summed E-state index contributed by atoms with van der Waals surface area (Å²) in [5.41, 5.74) is 2.93. The molecule has 0 spiro atoms. The molecule has 0 unspecified atom stereocenters. The number of aromatic nitrogens is 2. The second kappa shape index (κ2) is 7.68. The highest BCUT2D eigenvalue weighted by Crippen LogP contribution is 2.28. The first-order valence-electron chi connectivity index (χ1n) is 7.62. The zero-order chi connectivity index (χ0) is 16.9. The Morgan fingerprint density at radius 1 is 1.17 bits per heavy atom. The molecular formula is C18H19FN2O2S. The molecular weight excluding hydrogens is 327 g/mol. The van der Waals surface area contributed by atoms with Crippen LogP contribution in [0.2, 0.25) is 0 Å².